The van der Waals surface area contributed by atoms with Crippen molar-refractivity contribution in [1.29, 1.82) is 0 Å². The lowest BCUT2D eigenvalue weighted by Gasteiger charge is -2.31. The van der Waals surface area contributed by atoms with E-state index >= 15 is 0 Å². The van der Waals surface area contributed by atoms with E-state index in [1.807, 2.05) is 16.8 Å². The first kappa shape index (κ1) is 20.6. The molecule has 0 amide bonds. The summed E-state index contributed by atoms with van der Waals surface area (Å²) < 4.78 is 18.3. The Morgan fingerprint density at radius 1 is 1.12 bits per heavy atom. The normalized spacial score (nSPS) is 17.5. The number of nitrogens with one attached hydrogen (secondary N) is 1. The van der Waals surface area contributed by atoms with Crippen molar-refractivity contribution in [3.05, 3.63) is 45.3 Å². The van der Waals surface area contributed by atoms with Gasteiger partial charge in [-0.15, -0.1) is 16.4 Å². The van der Waals surface area contributed by atoms with E-state index in [0.717, 1.165) is 40.1 Å². The van der Waals surface area contributed by atoms with Crippen LogP contribution in [-0.2, 0) is 4.79 Å². The number of nitrogens with zero attached hydrogens (tertiary/aromatic N) is 3. The first-order chi connectivity index (χ1) is 15.5. The Labute approximate surface area is 189 Å². The molecule has 1 unspecified atom stereocenters. The molecule has 166 valence electrons. The van der Waals surface area contributed by atoms with Crippen LogP contribution in [0.2, 0.25) is 0 Å². The van der Waals surface area contributed by atoms with Crippen LogP contribution in [0.3, 0.4) is 0 Å². The van der Waals surface area contributed by atoms with Gasteiger partial charge in [-0.3, -0.25) is 4.79 Å². The smallest absolute Gasteiger partial charge is 0.226 e. The van der Waals surface area contributed by atoms with Crippen LogP contribution in [0.1, 0.15) is 35.7 Å². The molecule has 2 aliphatic rings. The Hall–Kier alpha value is -3.33. The van der Waals surface area contributed by atoms with Crippen molar-refractivity contribution in [2.24, 2.45) is 0 Å². The molecular formula is C23H24N4O4S. The second-order valence-electron chi connectivity index (χ2n) is 7.78. The van der Waals surface area contributed by atoms with Crippen LogP contribution in [0.4, 0.5) is 5.95 Å². The number of thiophene rings is 1. The Balaban J connectivity index is 1.67. The van der Waals surface area contributed by atoms with E-state index in [9.17, 15) is 4.79 Å². The number of aryl methyl sites for hydroxylation is 1. The molecule has 0 radical (unpaired) electrons. The first-order valence-corrected chi connectivity index (χ1v) is 11.3. The molecule has 0 saturated heterocycles. The SMILES string of the molecule is COc1cc(-c2nc3n(n2)C(c2sccc2C)C2=C(CCCC2=O)N3)cc(OC)c1OC. The average molecular weight is 453 g/mol. The predicted octanol–water partition coefficient (Wildman–Crippen LogP) is 4.36. The van der Waals surface area contributed by atoms with E-state index < -0.39 is 0 Å². The van der Waals surface area contributed by atoms with Crippen molar-refractivity contribution in [1.82, 2.24) is 14.8 Å². The van der Waals surface area contributed by atoms with E-state index in [4.69, 9.17) is 24.3 Å². The number of carbonyl (C=O) groups is 1. The zero-order chi connectivity index (χ0) is 22.4. The van der Waals surface area contributed by atoms with Crippen LogP contribution in [0.5, 0.6) is 17.2 Å². The van der Waals surface area contributed by atoms with Crippen LogP contribution < -0.4 is 19.5 Å². The molecule has 5 rings (SSSR count). The third-order valence-electron chi connectivity index (χ3n) is 5.94. The van der Waals surface area contributed by atoms with E-state index in [1.165, 1.54) is 0 Å². The number of hydrogen-bond acceptors (Lipinski definition) is 8. The second kappa shape index (κ2) is 7.98. The zero-order valence-electron chi connectivity index (χ0n) is 18.4. The monoisotopic (exact) mass is 452 g/mol. The molecule has 9 heteroatoms. The summed E-state index contributed by atoms with van der Waals surface area (Å²) in [6, 6.07) is 5.45. The molecule has 1 atom stereocenters. The minimum Gasteiger partial charge on any atom is -0.493 e. The van der Waals surface area contributed by atoms with E-state index in [2.05, 4.69) is 23.7 Å². The molecule has 8 nitrogen and oxygen atoms in total. The van der Waals surface area contributed by atoms with Crippen LogP contribution >= 0.6 is 11.3 Å². The molecule has 0 bridgehead atoms. The molecule has 1 aliphatic carbocycles. The molecule has 1 aromatic carbocycles. The lowest BCUT2D eigenvalue weighted by atomic mass is 9.87. The maximum absolute atomic E-state index is 13.0. The topological polar surface area (TPSA) is 87.5 Å². The molecule has 3 heterocycles. The molecule has 0 saturated carbocycles. The van der Waals surface area contributed by atoms with Crippen LogP contribution in [-0.4, -0.2) is 41.9 Å². The number of ketones is 1. The van der Waals surface area contributed by atoms with Crippen molar-refractivity contribution in [3.8, 4) is 28.6 Å². The van der Waals surface area contributed by atoms with Crippen molar-refractivity contribution in [2.45, 2.75) is 32.2 Å². The maximum atomic E-state index is 13.0. The van der Waals surface area contributed by atoms with Gasteiger partial charge in [-0.25, -0.2) is 4.68 Å². The Morgan fingerprint density at radius 2 is 1.88 bits per heavy atom. The van der Waals surface area contributed by atoms with Gasteiger partial charge in [-0.1, -0.05) is 0 Å². The Kier molecular flexibility index (Phi) is 5.13. The highest BCUT2D eigenvalue weighted by molar-refractivity contribution is 7.10. The highest BCUT2D eigenvalue weighted by Crippen LogP contribution is 2.44. The van der Waals surface area contributed by atoms with Gasteiger partial charge in [0.1, 0.15) is 6.04 Å². The maximum Gasteiger partial charge on any atom is 0.226 e. The summed E-state index contributed by atoms with van der Waals surface area (Å²) in [6.45, 7) is 2.07. The fourth-order valence-electron chi connectivity index (χ4n) is 4.40. The highest BCUT2D eigenvalue weighted by atomic mass is 32.1. The largest absolute Gasteiger partial charge is 0.493 e. The van der Waals surface area contributed by atoms with Gasteiger partial charge in [0.05, 0.1) is 21.3 Å². The van der Waals surface area contributed by atoms with Crippen LogP contribution in [0.25, 0.3) is 11.4 Å². The summed E-state index contributed by atoms with van der Waals surface area (Å²) in [5.74, 6) is 2.88. The molecule has 2 aromatic heterocycles. The Morgan fingerprint density at radius 3 is 2.50 bits per heavy atom. The van der Waals surface area contributed by atoms with Crippen molar-refractivity contribution in [2.75, 3.05) is 26.6 Å². The number of carbonyl (C=O) groups excluding carboxylic acids is 1. The third-order valence-corrected chi connectivity index (χ3v) is 7.01. The van der Waals surface area contributed by atoms with Crippen molar-refractivity contribution >= 4 is 23.1 Å². The van der Waals surface area contributed by atoms with Gasteiger partial charge in [0.2, 0.25) is 11.7 Å². The summed E-state index contributed by atoms with van der Waals surface area (Å²) in [5.41, 5.74) is 3.63. The van der Waals surface area contributed by atoms with Gasteiger partial charge in [0.25, 0.3) is 0 Å². The average Bonchev–Trinajstić information content (AvgIpc) is 3.42. The number of aromatic nitrogens is 3. The zero-order valence-corrected chi connectivity index (χ0v) is 19.2. The molecular weight excluding hydrogens is 428 g/mol. The lowest BCUT2D eigenvalue weighted by molar-refractivity contribution is -0.116. The van der Waals surface area contributed by atoms with Gasteiger partial charge in [0, 0.05) is 28.1 Å². The molecule has 1 N–H and O–H groups in total. The predicted molar refractivity (Wildman–Crippen MR) is 122 cm³/mol. The van der Waals surface area contributed by atoms with Crippen LogP contribution in [0.15, 0.2) is 34.8 Å². The molecule has 32 heavy (non-hydrogen) atoms. The summed E-state index contributed by atoms with van der Waals surface area (Å²) in [5, 5.41) is 10.3. The number of methoxy groups -OCH3 is 3. The standard InChI is InChI=1S/C23H24N4O4S/c1-12-8-9-32-21(12)19-18-14(6-5-7-15(18)28)24-23-25-22(26-27(19)23)13-10-16(29-2)20(31-4)17(11-13)30-3/h8-11,19H,5-7H2,1-4H3,(H,24,25,26). The fourth-order valence-corrected chi connectivity index (χ4v) is 5.42. The number of Topliss-reactive ketones (excluding diaryl/α,β-unsaturated/α-hetero) is 1. The molecule has 0 fully saturated rings. The van der Waals surface area contributed by atoms with Gasteiger partial charge in [-0.2, -0.15) is 4.98 Å². The second-order valence-corrected chi connectivity index (χ2v) is 8.73. The van der Waals surface area contributed by atoms with Crippen LogP contribution in [0, 0.1) is 6.92 Å². The van der Waals surface area contributed by atoms with Crippen molar-refractivity contribution < 1.29 is 19.0 Å². The molecule has 0 spiro atoms. The number of fused-ring (bicyclic) bond motifs is 1. The summed E-state index contributed by atoms with van der Waals surface area (Å²) in [7, 11) is 4.72. The van der Waals surface area contributed by atoms with Crippen molar-refractivity contribution in [3.63, 3.8) is 0 Å². The van der Waals surface area contributed by atoms with E-state index in [1.54, 1.807) is 32.7 Å². The van der Waals surface area contributed by atoms with Gasteiger partial charge in [-0.05, 0) is 48.9 Å². The number of rotatable bonds is 5. The third kappa shape index (κ3) is 3.15. The quantitative estimate of drug-likeness (QED) is 0.615. The Bertz CT molecular complexity index is 1220. The number of benzene rings is 1. The molecule has 3 aromatic rings. The van der Waals surface area contributed by atoms with Gasteiger partial charge in [0.15, 0.2) is 23.1 Å². The fraction of sp³-hybridized carbons (Fsp3) is 0.348. The van der Waals surface area contributed by atoms with E-state index in [0.29, 0.717) is 35.4 Å². The number of ether oxygens (including phenoxy) is 3. The molecule has 1 aliphatic heterocycles. The summed E-state index contributed by atoms with van der Waals surface area (Å²) >= 11 is 1.64. The lowest BCUT2D eigenvalue weighted by Crippen LogP contribution is -2.31. The van der Waals surface area contributed by atoms with Gasteiger partial charge < -0.3 is 19.5 Å². The first-order valence-electron chi connectivity index (χ1n) is 10.4. The number of allylic oxidation sites excluding steroid dienone is 2. The van der Waals surface area contributed by atoms with E-state index in [-0.39, 0.29) is 11.8 Å². The highest BCUT2D eigenvalue weighted by Gasteiger charge is 2.38. The summed E-state index contributed by atoms with van der Waals surface area (Å²) in [6.07, 6.45) is 2.23. The number of hydrogen-bond donors (Lipinski definition) is 1. The van der Waals surface area contributed by atoms with Gasteiger partial charge >= 0.3 is 0 Å². The number of anilines is 1. The minimum absolute atomic E-state index is 0.173. The minimum atomic E-state index is -0.280. The summed E-state index contributed by atoms with van der Waals surface area (Å²) in [4.78, 5) is 18.9.